The smallest absolute Gasteiger partial charge is 0.244 e. The number of nitrogens with one attached hydrogen (secondary N) is 1. The van der Waals surface area contributed by atoms with Gasteiger partial charge in [0, 0.05) is 48.7 Å². The molecule has 0 amide bonds. The van der Waals surface area contributed by atoms with Gasteiger partial charge >= 0.3 is 0 Å². The zero-order valence-corrected chi connectivity index (χ0v) is 13.7. The van der Waals surface area contributed by atoms with Crippen LogP contribution in [0.5, 0.6) is 0 Å². The highest BCUT2D eigenvalue weighted by Gasteiger charge is 2.31. The first-order chi connectivity index (χ1) is 11.7. The fourth-order valence-electron chi connectivity index (χ4n) is 2.96. The van der Waals surface area contributed by atoms with Crippen LogP contribution < -0.4 is 0 Å². The summed E-state index contributed by atoms with van der Waals surface area (Å²) in [6, 6.07) is 13.0. The molecule has 0 saturated heterocycles. The van der Waals surface area contributed by atoms with Crippen molar-refractivity contribution in [1.29, 1.82) is 0 Å². The van der Waals surface area contributed by atoms with Gasteiger partial charge in [-0.25, -0.2) is 8.42 Å². The summed E-state index contributed by atoms with van der Waals surface area (Å²) in [5, 5.41) is 7.45. The van der Waals surface area contributed by atoms with Crippen LogP contribution in [-0.4, -0.2) is 34.4 Å². The molecule has 0 atom stereocenters. The Balaban J connectivity index is 1.71. The fraction of sp³-hybridized carbons (Fsp3) is 0.176. The van der Waals surface area contributed by atoms with Gasteiger partial charge in [0.15, 0.2) is 0 Å². The van der Waals surface area contributed by atoms with Crippen molar-refractivity contribution in [3.8, 4) is 11.3 Å². The molecule has 0 fully saturated rings. The third-order valence-corrected chi connectivity index (χ3v) is 6.05. The Morgan fingerprint density at radius 2 is 1.92 bits per heavy atom. The lowest BCUT2D eigenvalue weighted by atomic mass is 10.0. The second-order valence-corrected chi connectivity index (χ2v) is 7.61. The van der Waals surface area contributed by atoms with Crippen molar-refractivity contribution in [3.05, 3.63) is 66.1 Å². The average Bonchev–Trinajstić information content (AvgIpc) is 3.06. The van der Waals surface area contributed by atoms with Crippen LogP contribution in [0, 0.1) is 0 Å². The summed E-state index contributed by atoms with van der Waals surface area (Å²) >= 11 is 0. The normalized spacial score (nSPS) is 15.2. The van der Waals surface area contributed by atoms with Crippen LogP contribution in [0.3, 0.4) is 0 Å². The number of rotatable bonds is 3. The quantitative estimate of drug-likeness (QED) is 0.793. The molecular formula is C17H16N4O2S. The summed E-state index contributed by atoms with van der Waals surface area (Å²) in [7, 11) is -3.55. The standard InChI is InChI=1S/C17H16N4O2S/c22-24(23,14-7-4-9-18-11-14)21-10-8-16-15(12-21)17(20-19-16)13-5-2-1-3-6-13/h1-7,9,11H,8,10,12H2,(H,19,20). The molecule has 24 heavy (non-hydrogen) atoms. The largest absolute Gasteiger partial charge is 0.282 e. The van der Waals surface area contributed by atoms with Gasteiger partial charge < -0.3 is 0 Å². The highest BCUT2D eigenvalue weighted by Crippen LogP contribution is 2.30. The second kappa shape index (κ2) is 5.85. The van der Waals surface area contributed by atoms with Gasteiger partial charge in [0.05, 0.1) is 5.69 Å². The highest BCUT2D eigenvalue weighted by atomic mass is 32.2. The molecule has 3 heterocycles. The van der Waals surface area contributed by atoms with Crippen molar-refractivity contribution < 1.29 is 8.42 Å². The van der Waals surface area contributed by atoms with Crippen molar-refractivity contribution in [2.24, 2.45) is 0 Å². The number of hydrogen-bond acceptors (Lipinski definition) is 4. The molecule has 0 aliphatic carbocycles. The van der Waals surface area contributed by atoms with Gasteiger partial charge in [0.2, 0.25) is 10.0 Å². The molecule has 0 saturated carbocycles. The first-order valence-corrected chi connectivity index (χ1v) is 9.12. The first kappa shape index (κ1) is 15.0. The van der Waals surface area contributed by atoms with E-state index in [0.717, 1.165) is 22.5 Å². The molecule has 0 spiro atoms. The number of pyridine rings is 1. The van der Waals surface area contributed by atoms with Crippen molar-refractivity contribution in [2.45, 2.75) is 17.9 Å². The Morgan fingerprint density at radius 3 is 2.67 bits per heavy atom. The van der Waals surface area contributed by atoms with Crippen LogP contribution in [0.2, 0.25) is 0 Å². The van der Waals surface area contributed by atoms with E-state index in [1.54, 1.807) is 18.3 Å². The van der Waals surface area contributed by atoms with Crippen LogP contribution >= 0.6 is 0 Å². The van der Waals surface area contributed by atoms with Gasteiger partial charge in [-0.2, -0.15) is 9.40 Å². The van der Waals surface area contributed by atoms with E-state index in [-0.39, 0.29) is 4.90 Å². The zero-order valence-electron chi connectivity index (χ0n) is 12.9. The van der Waals surface area contributed by atoms with E-state index < -0.39 is 10.0 Å². The van der Waals surface area contributed by atoms with Crippen LogP contribution in [0.25, 0.3) is 11.3 Å². The summed E-state index contributed by atoms with van der Waals surface area (Å²) in [5.74, 6) is 0. The van der Waals surface area contributed by atoms with Gasteiger partial charge in [0.25, 0.3) is 0 Å². The molecule has 1 aliphatic heterocycles. The molecule has 0 bridgehead atoms. The number of hydrogen-bond donors (Lipinski definition) is 1. The predicted octanol–water partition coefficient (Wildman–Crippen LogP) is 2.22. The number of sulfonamides is 1. The summed E-state index contributed by atoms with van der Waals surface area (Å²) in [4.78, 5) is 4.14. The number of fused-ring (bicyclic) bond motifs is 1. The second-order valence-electron chi connectivity index (χ2n) is 5.67. The molecule has 1 aromatic carbocycles. The third-order valence-electron chi connectivity index (χ3n) is 4.22. The number of aromatic amines is 1. The summed E-state index contributed by atoms with van der Waals surface area (Å²) in [6.07, 6.45) is 3.57. The van der Waals surface area contributed by atoms with Crippen molar-refractivity contribution in [3.63, 3.8) is 0 Å². The molecule has 0 unspecified atom stereocenters. The zero-order chi connectivity index (χ0) is 16.6. The molecule has 4 rings (SSSR count). The average molecular weight is 340 g/mol. The van der Waals surface area contributed by atoms with Crippen LogP contribution in [0.4, 0.5) is 0 Å². The Labute approximate surface area is 140 Å². The lowest BCUT2D eigenvalue weighted by Crippen LogP contribution is -2.36. The predicted molar refractivity (Wildman–Crippen MR) is 89.6 cm³/mol. The molecule has 122 valence electrons. The van der Waals surface area contributed by atoms with Gasteiger partial charge in [-0.1, -0.05) is 30.3 Å². The lowest BCUT2D eigenvalue weighted by molar-refractivity contribution is 0.390. The molecule has 1 aliphatic rings. The van der Waals surface area contributed by atoms with Gasteiger partial charge in [-0.3, -0.25) is 10.1 Å². The van der Waals surface area contributed by atoms with Gasteiger partial charge in [-0.05, 0) is 12.1 Å². The number of benzene rings is 1. The van der Waals surface area contributed by atoms with Gasteiger partial charge in [-0.15, -0.1) is 0 Å². The maximum absolute atomic E-state index is 12.8. The number of aromatic nitrogens is 3. The topological polar surface area (TPSA) is 79.0 Å². The minimum Gasteiger partial charge on any atom is -0.282 e. The SMILES string of the molecule is O=S(=O)(c1cccnc1)N1CCc2[nH]nc(-c3ccccc3)c2C1. The molecule has 7 heteroatoms. The molecule has 1 N–H and O–H groups in total. The fourth-order valence-corrected chi connectivity index (χ4v) is 4.33. The van der Waals surface area contributed by atoms with E-state index in [2.05, 4.69) is 15.2 Å². The Hall–Kier alpha value is -2.51. The number of nitrogens with zero attached hydrogens (tertiary/aromatic N) is 3. The maximum atomic E-state index is 12.8. The molecule has 2 aromatic heterocycles. The first-order valence-electron chi connectivity index (χ1n) is 7.68. The number of H-pyrrole nitrogens is 1. The summed E-state index contributed by atoms with van der Waals surface area (Å²) in [6.45, 7) is 0.744. The summed E-state index contributed by atoms with van der Waals surface area (Å²) < 4.78 is 27.1. The molecule has 0 radical (unpaired) electrons. The monoisotopic (exact) mass is 340 g/mol. The van der Waals surface area contributed by atoms with E-state index in [9.17, 15) is 8.42 Å². The van der Waals surface area contributed by atoms with Crippen molar-refractivity contribution in [2.75, 3.05) is 6.54 Å². The molecule has 3 aromatic rings. The molecule has 6 nitrogen and oxygen atoms in total. The maximum Gasteiger partial charge on any atom is 0.244 e. The Bertz CT molecular complexity index is 953. The van der Waals surface area contributed by atoms with Crippen LogP contribution in [0.15, 0.2) is 59.8 Å². The van der Waals surface area contributed by atoms with Crippen molar-refractivity contribution >= 4 is 10.0 Å². The Morgan fingerprint density at radius 1 is 1.08 bits per heavy atom. The van der Waals surface area contributed by atoms with E-state index in [1.807, 2.05) is 30.3 Å². The Kier molecular flexibility index (Phi) is 3.66. The summed E-state index contributed by atoms with van der Waals surface area (Å²) in [5.41, 5.74) is 3.75. The van der Waals surface area contributed by atoms with Gasteiger partial charge in [0.1, 0.15) is 4.90 Å². The minimum atomic E-state index is -3.55. The van der Waals surface area contributed by atoms with Crippen molar-refractivity contribution in [1.82, 2.24) is 19.5 Å². The van der Waals surface area contributed by atoms with E-state index in [4.69, 9.17) is 0 Å². The molecular weight excluding hydrogens is 324 g/mol. The van der Waals surface area contributed by atoms with E-state index in [0.29, 0.717) is 19.5 Å². The minimum absolute atomic E-state index is 0.221. The van der Waals surface area contributed by atoms with Crippen LogP contribution in [-0.2, 0) is 23.0 Å². The highest BCUT2D eigenvalue weighted by molar-refractivity contribution is 7.89. The van der Waals surface area contributed by atoms with E-state index >= 15 is 0 Å². The van der Waals surface area contributed by atoms with E-state index in [1.165, 1.54) is 10.5 Å². The van der Waals surface area contributed by atoms with Crippen LogP contribution in [0.1, 0.15) is 11.3 Å². The third kappa shape index (κ3) is 2.51. The lowest BCUT2D eigenvalue weighted by Gasteiger charge is -2.26.